The number of aromatic amines is 1. The first-order chi connectivity index (χ1) is 20.1. The van der Waals surface area contributed by atoms with Crippen molar-refractivity contribution in [3.8, 4) is 0 Å². The summed E-state index contributed by atoms with van der Waals surface area (Å²) in [5.41, 5.74) is 10.3. The average Bonchev–Trinajstić information content (AvgIpc) is 3.63. The van der Waals surface area contributed by atoms with Crippen LogP contribution < -0.4 is 22.7 Å². The predicted octanol–water partition coefficient (Wildman–Crippen LogP) is -0.545. The predicted molar refractivity (Wildman–Crippen MR) is 143 cm³/mol. The zero-order valence-corrected chi connectivity index (χ0v) is 23.7. The molecular formula is C22H32N9O10P. The van der Waals surface area contributed by atoms with E-state index in [0.717, 1.165) is 4.57 Å². The number of aromatic nitrogens is 7. The van der Waals surface area contributed by atoms with Gasteiger partial charge in [0.25, 0.3) is 5.56 Å². The fourth-order valence-corrected chi connectivity index (χ4v) is 5.81. The maximum Gasteiger partial charge on any atom is 0.472 e. The highest BCUT2D eigenvalue weighted by Crippen LogP contribution is 2.49. The Morgan fingerprint density at radius 3 is 2.43 bits per heavy atom. The maximum atomic E-state index is 13.1. The number of H-pyrrole nitrogens is 1. The normalized spacial score (nSPS) is 27.5. The Labute approximate surface area is 237 Å². The molecule has 0 radical (unpaired) electrons. The quantitative estimate of drug-likeness (QED) is 0.187. The molecule has 2 aliphatic rings. The molecule has 6 N–H and O–H groups in total. The van der Waals surface area contributed by atoms with E-state index in [9.17, 15) is 19.0 Å². The fraction of sp³-hybridized carbons (Fsp3) is 0.636. The molecule has 2 aliphatic heterocycles. The van der Waals surface area contributed by atoms with Crippen molar-refractivity contribution in [2.24, 2.45) is 0 Å². The number of anilines is 2. The second-order valence-corrected chi connectivity index (χ2v) is 10.9. The molecule has 20 heteroatoms. The van der Waals surface area contributed by atoms with E-state index in [1.54, 1.807) is 18.4 Å². The second-order valence-electron chi connectivity index (χ2n) is 9.47. The van der Waals surface area contributed by atoms with E-state index in [1.165, 1.54) is 12.7 Å². The molecule has 230 valence electrons. The van der Waals surface area contributed by atoms with Gasteiger partial charge in [0.15, 0.2) is 11.2 Å². The molecule has 0 aromatic carbocycles. The number of nitrogen functional groups attached to an aromatic ring is 2. The average molecular weight is 614 g/mol. The van der Waals surface area contributed by atoms with E-state index in [-0.39, 0.29) is 42.7 Å². The van der Waals surface area contributed by atoms with Crippen molar-refractivity contribution in [2.45, 2.75) is 63.6 Å². The van der Waals surface area contributed by atoms with Crippen molar-refractivity contribution in [1.82, 2.24) is 34.1 Å². The number of nitrogens with one attached hydrogen (secondary N) is 1. The van der Waals surface area contributed by atoms with Crippen LogP contribution in [0.4, 0.5) is 11.9 Å². The van der Waals surface area contributed by atoms with Gasteiger partial charge in [0, 0.05) is 26.1 Å². The number of phosphoric ester groups is 1. The lowest BCUT2D eigenvalue weighted by molar-refractivity contribution is -0.0704. The topological polar surface area (TPSA) is 256 Å². The third kappa shape index (κ3) is 6.52. The van der Waals surface area contributed by atoms with Crippen molar-refractivity contribution in [3.05, 3.63) is 33.5 Å². The van der Waals surface area contributed by atoms with Gasteiger partial charge in [-0.25, -0.2) is 19.3 Å². The maximum absolute atomic E-state index is 13.1. The second kappa shape index (κ2) is 12.5. The molecule has 5 heterocycles. The number of rotatable bonds is 12. The van der Waals surface area contributed by atoms with Crippen molar-refractivity contribution in [1.29, 1.82) is 0 Å². The number of fused-ring (bicyclic) bond motifs is 1. The van der Waals surface area contributed by atoms with Crippen LogP contribution in [0.25, 0.3) is 11.2 Å². The summed E-state index contributed by atoms with van der Waals surface area (Å²) < 4.78 is 49.7. The molecule has 7 atom stereocenters. The first-order valence-corrected chi connectivity index (χ1v) is 14.7. The van der Waals surface area contributed by atoms with Gasteiger partial charge in [-0.15, -0.1) is 0 Å². The summed E-state index contributed by atoms with van der Waals surface area (Å²) in [7, 11) is -4.68. The number of imidazole rings is 1. The lowest BCUT2D eigenvalue weighted by atomic mass is 10.2. The van der Waals surface area contributed by atoms with Crippen LogP contribution in [0.1, 0.15) is 39.1 Å². The summed E-state index contributed by atoms with van der Waals surface area (Å²) in [5.74, 6) is -0.278. The van der Waals surface area contributed by atoms with Gasteiger partial charge in [-0.2, -0.15) is 9.97 Å². The summed E-state index contributed by atoms with van der Waals surface area (Å²) in [6.07, 6.45) is -1.77. The minimum absolute atomic E-state index is 0.00533. The van der Waals surface area contributed by atoms with Gasteiger partial charge in [0.05, 0.1) is 25.6 Å². The third-order valence-electron chi connectivity index (χ3n) is 6.72. The van der Waals surface area contributed by atoms with E-state index < -0.39 is 55.9 Å². The Balaban J connectivity index is 1.26. The Bertz CT molecular complexity index is 1560. The highest BCUT2D eigenvalue weighted by atomic mass is 31.2. The summed E-state index contributed by atoms with van der Waals surface area (Å²) in [6.45, 7) is 3.94. The van der Waals surface area contributed by atoms with Gasteiger partial charge in [0.1, 0.15) is 37.1 Å². The lowest BCUT2D eigenvalue weighted by Crippen LogP contribution is -2.31. The number of hydrogen-bond acceptors (Lipinski definition) is 15. The van der Waals surface area contributed by atoms with Crippen molar-refractivity contribution >= 4 is 30.9 Å². The number of hydrogen-bond donors (Lipinski definition) is 4. The van der Waals surface area contributed by atoms with Crippen molar-refractivity contribution in [3.63, 3.8) is 0 Å². The van der Waals surface area contributed by atoms with Crippen molar-refractivity contribution < 1.29 is 37.5 Å². The van der Waals surface area contributed by atoms with E-state index in [1.807, 2.05) is 0 Å². The summed E-state index contributed by atoms with van der Waals surface area (Å²) in [6, 6.07) is 0. The molecule has 0 saturated carbocycles. The minimum Gasteiger partial charge on any atom is -0.379 e. The van der Waals surface area contributed by atoms with Crippen LogP contribution in [0.5, 0.6) is 0 Å². The molecule has 0 bridgehead atoms. The summed E-state index contributed by atoms with van der Waals surface area (Å²) in [5, 5.41) is 0. The van der Waals surface area contributed by atoms with E-state index in [4.69, 9.17) is 39.5 Å². The van der Waals surface area contributed by atoms with Crippen LogP contribution in [-0.2, 0) is 32.6 Å². The molecule has 3 aromatic rings. The van der Waals surface area contributed by atoms with E-state index >= 15 is 0 Å². The number of nitrogens with zero attached hydrogens (tertiary/aromatic N) is 6. The minimum atomic E-state index is -4.68. The van der Waals surface area contributed by atoms with Gasteiger partial charge in [0.2, 0.25) is 11.9 Å². The number of phosphoric acid groups is 1. The van der Waals surface area contributed by atoms with Gasteiger partial charge in [-0.05, 0) is 13.8 Å². The van der Waals surface area contributed by atoms with E-state index in [2.05, 4.69) is 24.9 Å². The Hall–Kier alpha value is -3.29. The van der Waals surface area contributed by atoms with Gasteiger partial charge in [-0.1, -0.05) is 0 Å². The zero-order valence-electron chi connectivity index (χ0n) is 22.8. The number of ether oxygens (including phenoxy) is 4. The summed E-state index contributed by atoms with van der Waals surface area (Å²) in [4.78, 5) is 53.1. The molecule has 2 fully saturated rings. The highest BCUT2D eigenvalue weighted by Gasteiger charge is 2.44. The van der Waals surface area contributed by atoms with Crippen molar-refractivity contribution in [2.75, 3.05) is 37.9 Å². The molecule has 5 rings (SSSR count). The first kappa shape index (κ1) is 30.2. The van der Waals surface area contributed by atoms with Gasteiger partial charge < -0.3 is 35.3 Å². The molecule has 19 nitrogen and oxygen atoms in total. The Kier molecular flexibility index (Phi) is 9.00. The first-order valence-electron chi connectivity index (χ1n) is 13.2. The van der Waals surface area contributed by atoms with Crippen LogP contribution in [-0.4, -0.2) is 89.8 Å². The van der Waals surface area contributed by atoms with Gasteiger partial charge >= 0.3 is 13.5 Å². The Morgan fingerprint density at radius 1 is 1.02 bits per heavy atom. The Morgan fingerprint density at radius 2 is 1.71 bits per heavy atom. The standard InChI is InChI=1S/C22H32N9O10P/c1-3-36-7-13-12(6-16(39-13)31-10-26-20(23)29-22(31)33)41-42(34,35)38-8-14-11(37-4-2)5-15(40-14)30-9-25-17-18(30)27-21(24)28-19(17)32/h9-16H,3-8H2,1-2H3,(H,34,35)(H2,23,29,33)(H3,24,27,28,32)/t11-,12-,13?,14?,15-,16-/m1/s1. The lowest BCUT2D eigenvalue weighted by Gasteiger charge is -2.23. The fourth-order valence-electron chi connectivity index (χ4n) is 4.85. The third-order valence-corrected chi connectivity index (χ3v) is 7.73. The largest absolute Gasteiger partial charge is 0.472 e. The van der Waals surface area contributed by atoms with Crippen LogP contribution >= 0.6 is 7.82 Å². The molecular weight excluding hydrogens is 581 g/mol. The molecule has 0 amide bonds. The molecule has 0 aliphatic carbocycles. The molecule has 2 saturated heterocycles. The van der Waals surface area contributed by atoms with E-state index in [0.29, 0.717) is 19.6 Å². The smallest absolute Gasteiger partial charge is 0.379 e. The molecule has 42 heavy (non-hydrogen) atoms. The molecule has 3 aromatic heterocycles. The SMILES string of the molecule is CCOCC1O[C@@H](n2cnc(N)nc2=O)C[C@H]1OP(=O)(O)OCC1O[C@@H](n2cnc3c(=O)[nH]c(N)nc32)C[C@H]1OCC. The molecule has 3 unspecified atom stereocenters. The van der Waals surface area contributed by atoms with Gasteiger partial charge in [-0.3, -0.25) is 28.0 Å². The van der Waals surface area contributed by atoms with Crippen LogP contribution in [0, 0.1) is 0 Å². The number of nitrogens with two attached hydrogens (primary N) is 2. The highest BCUT2D eigenvalue weighted by molar-refractivity contribution is 7.47. The van der Waals surface area contributed by atoms with Crippen LogP contribution in [0.3, 0.4) is 0 Å². The monoisotopic (exact) mass is 613 g/mol. The molecule has 0 spiro atoms. The zero-order chi connectivity index (χ0) is 30.0. The van der Waals surface area contributed by atoms with Crippen LogP contribution in [0.2, 0.25) is 0 Å². The summed E-state index contributed by atoms with van der Waals surface area (Å²) >= 11 is 0. The van der Waals surface area contributed by atoms with Crippen LogP contribution in [0.15, 0.2) is 22.2 Å².